The average Bonchev–Trinajstić information content (AvgIpc) is 3.18. The molecular weight excluding hydrogens is 437 g/mol. The van der Waals surface area contributed by atoms with E-state index in [1.54, 1.807) is 15.2 Å². The molecule has 2 aliphatic rings. The summed E-state index contributed by atoms with van der Waals surface area (Å²) in [7, 11) is 0. The molecule has 3 aromatic rings. The fraction of sp³-hybridized carbons (Fsp3) is 0.455. The molecule has 1 N–H and O–H groups in total. The zero-order valence-corrected chi connectivity index (χ0v) is 17.8. The third kappa shape index (κ3) is 4.30. The number of halogens is 3. The number of aromatic nitrogens is 4. The van der Waals surface area contributed by atoms with E-state index in [0.29, 0.717) is 36.4 Å². The lowest BCUT2D eigenvalue weighted by atomic mass is 10.0. The van der Waals surface area contributed by atoms with Crippen LogP contribution in [-0.4, -0.2) is 49.7 Å². The molecular formula is C22H23F3N6O2. The Morgan fingerprint density at radius 2 is 1.79 bits per heavy atom. The highest BCUT2D eigenvalue weighted by Gasteiger charge is 2.32. The number of nitrogens with one attached hydrogen (secondary N) is 1. The van der Waals surface area contributed by atoms with Gasteiger partial charge in [-0.2, -0.15) is 13.2 Å². The fourth-order valence-corrected chi connectivity index (χ4v) is 4.74. The molecule has 5 rings (SSSR count). The number of hydrogen-bond donors (Lipinski definition) is 1. The molecule has 0 amide bonds. The molecule has 33 heavy (non-hydrogen) atoms. The maximum atomic E-state index is 12.6. The summed E-state index contributed by atoms with van der Waals surface area (Å²) in [6.07, 6.45) is -0.0946. The van der Waals surface area contributed by atoms with Crippen molar-refractivity contribution in [2.24, 2.45) is 0 Å². The smallest absolute Gasteiger partial charge is 0.310 e. The van der Waals surface area contributed by atoms with E-state index in [0.717, 1.165) is 32.0 Å². The van der Waals surface area contributed by atoms with Gasteiger partial charge in [0, 0.05) is 37.9 Å². The summed E-state index contributed by atoms with van der Waals surface area (Å²) < 4.78 is 41.2. The second kappa shape index (κ2) is 8.38. The van der Waals surface area contributed by atoms with Gasteiger partial charge in [-0.05, 0) is 43.6 Å². The molecule has 11 heteroatoms. The molecule has 3 aromatic heterocycles. The highest BCUT2D eigenvalue weighted by atomic mass is 19.4. The van der Waals surface area contributed by atoms with E-state index >= 15 is 0 Å². The van der Waals surface area contributed by atoms with Crippen LogP contribution in [-0.2, 0) is 19.3 Å². The largest absolute Gasteiger partial charge is 0.433 e. The highest BCUT2D eigenvalue weighted by molar-refractivity contribution is 5.71. The summed E-state index contributed by atoms with van der Waals surface area (Å²) in [5.74, 6) is 0. The molecule has 0 radical (unpaired) electrons. The van der Waals surface area contributed by atoms with E-state index < -0.39 is 11.9 Å². The molecule has 0 saturated carbocycles. The lowest BCUT2D eigenvalue weighted by molar-refractivity contribution is -0.141. The van der Waals surface area contributed by atoms with Gasteiger partial charge in [-0.3, -0.25) is 23.7 Å². The first-order valence-corrected chi connectivity index (χ1v) is 10.9. The van der Waals surface area contributed by atoms with Gasteiger partial charge in [0.05, 0.1) is 12.2 Å². The normalized spacial score (nSPS) is 19.4. The van der Waals surface area contributed by atoms with Crippen LogP contribution in [0, 0.1) is 0 Å². The molecule has 5 heterocycles. The lowest BCUT2D eigenvalue weighted by Gasteiger charge is -2.34. The summed E-state index contributed by atoms with van der Waals surface area (Å²) in [6.45, 7) is 3.23. The first-order valence-electron chi connectivity index (χ1n) is 10.9. The van der Waals surface area contributed by atoms with Gasteiger partial charge < -0.3 is 10.2 Å². The second-order valence-electron chi connectivity index (χ2n) is 8.62. The van der Waals surface area contributed by atoms with E-state index in [1.807, 2.05) is 0 Å². The van der Waals surface area contributed by atoms with Crippen LogP contribution in [0.2, 0.25) is 0 Å². The van der Waals surface area contributed by atoms with Crippen LogP contribution in [0.4, 0.5) is 13.2 Å². The van der Waals surface area contributed by atoms with Crippen LogP contribution < -0.4 is 16.4 Å². The number of piperidine rings is 1. The Morgan fingerprint density at radius 3 is 2.48 bits per heavy atom. The predicted octanol–water partition coefficient (Wildman–Crippen LogP) is 1.78. The van der Waals surface area contributed by atoms with Crippen molar-refractivity contribution in [1.82, 2.24) is 29.3 Å². The van der Waals surface area contributed by atoms with Gasteiger partial charge in [0.25, 0.3) is 11.1 Å². The first-order chi connectivity index (χ1) is 15.8. The third-order valence-electron chi connectivity index (χ3n) is 6.44. The first kappa shape index (κ1) is 21.8. The van der Waals surface area contributed by atoms with Gasteiger partial charge in [0.15, 0.2) is 0 Å². The van der Waals surface area contributed by atoms with Crippen LogP contribution in [0.5, 0.6) is 0 Å². The number of likely N-dealkylation sites (tertiary alicyclic amines) is 1. The maximum absolute atomic E-state index is 12.6. The number of nitrogens with zero attached hydrogens (tertiary/aromatic N) is 5. The number of pyridine rings is 2. The van der Waals surface area contributed by atoms with E-state index in [1.165, 1.54) is 24.5 Å². The Kier molecular flexibility index (Phi) is 5.53. The van der Waals surface area contributed by atoms with Gasteiger partial charge in [0.2, 0.25) is 0 Å². The van der Waals surface area contributed by atoms with E-state index in [-0.39, 0.29) is 23.2 Å². The average molecular weight is 460 g/mol. The topological polar surface area (TPSA) is 85.0 Å². The van der Waals surface area contributed by atoms with Gasteiger partial charge >= 0.3 is 6.18 Å². The molecule has 8 nitrogen and oxygen atoms in total. The van der Waals surface area contributed by atoms with Gasteiger partial charge in [-0.15, -0.1) is 0 Å². The summed E-state index contributed by atoms with van der Waals surface area (Å²) in [6, 6.07) is 5.71. The number of rotatable bonds is 5. The van der Waals surface area contributed by atoms with Crippen LogP contribution in [0.25, 0.3) is 11.2 Å². The summed E-state index contributed by atoms with van der Waals surface area (Å²) in [5.41, 5.74) is 0.707. The van der Waals surface area contributed by atoms with Crippen molar-refractivity contribution in [3.05, 3.63) is 68.6 Å². The van der Waals surface area contributed by atoms with Crippen LogP contribution in [0.3, 0.4) is 0 Å². The SMILES string of the molecule is O=c1ccc2ncc(=O)n3c2n1C[C@@H]3CN1CCC(NCc2ccc(C(F)(F)F)nc2)CC1. The monoisotopic (exact) mass is 460 g/mol. The Morgan fingerprint density at radius 1 is 1.00 bits per heavy atom. The molecule has 0 aliphatic carbocycles. The van der Waals surface area contributed by atoms with Gasteiger partial charge in [0.1, 0.15) is 16.9 Å². The van der Waals surface area contributed by atoms with E-state index in [9.17, 15) is 22.8 Å². The van der Waals surface area contributed by atoms with E-state index in [2.05, 4.69) is 20.2 Å². The van der Waals surface area contributed by atoms with Crippen LogP contribution in [0.1, 0.15) is 30.1 Å². The summed E-state index contributed by atoms with van der Waals surface area (Å²) in [4.78, 5) is 34.7. The molecule has 0 aromatic carbocycles. The van der Waals surface area contributed by atoms with Crippen molar-refractivity contribution in [3.63, 3.8) is 0 Å². The Labute approximate surface area is 186 Å². The minimum atomic E-state index is -4.43. The van der Waals surface area contributed by atoms with Crippen molar-refractivity contribution < 1.29 is 13.2 Å². The third-order valence-corrected chi connectivity index (χ3v) is 6.44. The van der Waals surface area contributed by atoms with Crippen molar-refractivity contribution in [3.8, 4) is 0 Å². The minimum absolute atomic E-state index is 0.124. The zero-order chi connectivity index (χ0) is 23.2. The summed E-state index contributed by atoms with van der Waals surface area (Å²) in [5, 5.41) is 3.40. The van der Waals surface area contributed by atoms with Crippen molar-refractivity contribution in [2.45, 2.75) is 44.2 Å². The molecule has 1 fully saturated rings. The minimum Gasteiger partial charge on any atom is -0.310 e. The standard InChI is InChI=1S/C22H23F3N6O2/c23-22(24,25)18-3-1-14(10-28-18)9-26-15-5-7-29(8-6-15)12-16-13-30-19(32)4-2-17-21(30)31(16)20(33)11-27-17/h1-4,10-11,15-16,26H,5-9,12-13H2/t16-/m0/s1. The molecule has 0 unspecified atom stereocenters. The Hall–Kier alpha value is -3.05. The van der Waals surface area contributed by atoms with Crippen LogP contribution >= 0.6 is 0 Å². The zero-order valence-electron chi connectivity index (χ0n) is 17.8. The van der Waals surface area contributed by atoms with Crippen molar-refractivity contribution in [1.29, 1.82) is 0 Å². The molecule has 0 spiro atoms. The molecule has 1 atom stereocenters. The predicted molar refractivity (Wildman–Crippen MR) is 115 cm³/mol. The quantitative estimate of drug-likeness (QED) is 0.625. The second-order valence-corrected chi connectivity index (χ2v) is 8.62. The lowest BCUT2D eigenvalue weighted by Crippen LogP contribution is -2.44. The van der Waals surface area contributed by atoms with Gasteiger partial charge in [-0.1, -0.05) is 6.07 Å². The van der Waals surface area contributed by atoms with Crippen LogP contribution in [0.15, 0.2) is 46.2 Å². The Bertz CT molecular complexity index is 1270. The maximum Gasteiger partial charge on any atom is 0.433 e. The van der Waals surface area contributed by atoms with Crippen molar-refractivity contribution >= 4 is 11.2 Å². The number of hydrogen-bond acceptors (Lipinski definition) is 6. The summed E-state index contributed by atoms with van der Waals surface area (Å²) >= 11 is 0. The Balaban J connectivity index is 1.17. The molecule has 0 bridgehead atoms. The molecule has 174 valence electrons. The number of alkyl halides is 3. The van der Waals surface area contributed by atoms with Crippen molar-refractivity contribution in [2.75, 3.05) is 19.6 Å². The molecule has 2 aliphatic heterocycles. The van der Waals surface area contributed by atoms with E-state index in [4.69, 9.17) is 0 Å². The highest BCUT2D eigenvalue weighted by Crippen LogP contribution is 2.27. The fourth-order valence-electron chi connectivity index (χ4n) is 4.74. The van der Waals surface area contributed by atoms with Gasteiger partial charge in [-0.25, -0.2) is 4.98 Å². The molecule has 1 saturated heterocycles.